The molecule has 0 radical (unpaired) electrons. The average Bonchev–Trinajstić information content (AvgIpc) is 3.01. The Kier molecular flexibility index (Phi) is 4.61. The van der Waals surface area contributed by atoms with Crippen LogP contribution in [0.2, 0.25) is 0 Å². The Bertz CT molecular complexity index is 824. The molecule has 5 nitrogen and oxygen atoms in total. The van der Waals surface area contributed by atoms with E-state index in [4.69, 9.17) is 4.74 Å². The molecule has 0 unspecified atom stereocenters. The second-order valence-corrected chi connectivity index (χ2v) is 5.31. The number of carbonyl (C=O) groups excluding carboxylic acids is 1. The molecule has 0 bridgehead atoms. The van der Waals surface area contributed by atoms with E-state index < -0.39 is 0 Å². The van der Waals surface area contributed by atoms with Crippen molar-refractivity contribution in [2.75, 3.05) is 7.11 Å². The fourth-order valence-electron chi connectivity index (χ4n) is 2.38. The van der Waals surface area contributed by atoms with Crippen LogP contribution in [0.25, 0.3) is 5.69 Å². The van der Waals surface area contributed by atoms with Gasteiger partial charge in [0, 0.05) is 11.3 Å². The molecule has 0 aliphatic carbocycles. The normalized spacial score (nSPS) is 10.4. The Labute approximate surface area is 140 Å². The van der Waals surface area contributed by atoms with Crippen LogP contribution in [0.4, 0.5) is 0 Å². The smallest absolute Gasteiger partial charge is 0.337 e. The van der Waals surface area contributed by atoms with Crippen LogP contribution in [0.15, 0.2) is 60.8 Å². The summed E-state index contributed by atoms with van der Waals surface area (Å²) in [5, 5.41) is 4.42. The van der Waals surface area contributed by atoms with Gasteiger partial charge in [-0.25, -0.2) is 9.48 Å². The van der Waals surface area contributed by atoms with Gasteiger partial charge in [0.05, 0.1) is 24.6 Å². The third-order valence-electron chi connectivity index (χ3n) is 3.78. The number of hydrogen-bond acceptors (Lipinski definition) is 4. The highest BCUT2D eigenvalue weighted by Gasteiger charge is 2.09. The van der Waals surface area contributed by atoms with Gasteiger partial charge in [0.2, 0.25) is 0 Å². The van der Waals surface area contributed by atoms with Gasteiger partial charge in [0.25, 0.3) is 0 Å². The monoisotopic (exact) mass is 322 g/mol. The van der Waals surface area contributed by atoms with Crippen LogP contribution >= 0.6 is 0 Å². The van der Waals surface area contributed by atoms with Gasteiger partial charge < -0.3 is 9.47 Å². The third-order valence-corrected chi connectivity index (χ3v) is 3.78. The van der Waals surface area contributed by atoms with Gasteiger partial charge >= 0.3 is 5.97 Å². The first-order chi connectivity index (χ1) is 11.7. The summed E-state index contributed by atoms with van der Waals surface area (Å²) in [4.78, 5) is 11.4. The molecule has 3 rings (SSSR count). The topological polar surface area (TPSA) is 53.4 Å². The van der Waals surface area contributed by atoms with Crippen LogP contribution < -0.4 is 4.74 Å². The summed E-state index contributed by atoms with van der Waals surface area (Å²) in [6, 6.07) is 16.8. The molecule has 0 spiro atoms. The highest BCUT2D eigenvalue weighted by molar-refractivity contribution is 5.89. The van der Waals surface area contributed by atoms with Crippen LogP contribution in [-0.2, 0) is 11.3 Å². The molecule has 0 aliphatic heterocycles. The largest absolute Gasteiger partial charge is 0.489 e. The number of esters is 1. The number of rotatable bonds is 5. The van der Waals surface area contributed by atoms with Gasteiger partial charge in [0.15, 0.2) is 0 Å². The molecule has 0 saturated carbocycles. The number of methoxy groups -OCH3 is 1. The van der Waals surface area contributed by atoms with E-state index in [9.17, 15) is 4.79 Å². The maximum Gasteiger partial charge on any atom is 0.337 e. The van der Waals surface area contributed by atoms with Crippen molar-refractivity contribution in [3.8, 4) is 11.4 Å². The summed E-state index contributed by atoms with van der Waals surface area (Å²) in [7, 11) is 1.36. The lowest BCUT2D eigenvalue weighted by atomic mass is 10.2. The molecule has 0 atom stereocenters. The molecule has 5 heteroatoms. The van der Waals surface area contributed by atoms with Crippen molar-refractivity contribution in [1.82, 2.24) is 9.78 Å². The fourth-order valence-corrected chi connectivity index (χ4v) is 2.38. The lowest BCUT2D eigenvalue weighted by Gasteiger charge is -2.08. The molecule has 3 aromatic rings. The minimum atomic E-state index is -0.360. The van der Waals surface area contributed by atoms with Crippen LogP contribution in [0.5, 0.6) is 5.75 Å². The minimum Gasteiger partial charge on any atom is -0.489 e. The zero-order valence-corrected chi connectivity index (χ0v) is 13.6. The van der Waals surface area contributed by atoms with Gasteiger partial charge in [-0.15, -0.1) is 0 Å². The number of nitrogens with zero attached hydrogens (tertiary/aromatic N) is 2. The van der Waals surface area contributed by atoms with Gasteiger partial charge in [-0.2, -0.15) is 5.10 Å². The highest BCUT2D eigenvalue weighted by atomic mass is 16.5. The predicted molar refractivity (Wildman–Crippen MR) is 90.4 cm³/mol. The lowest BCUT2D eigenvalue weighted by Crippen LogP contribution is -2.02. The number of carbonyl (C=O) groups is 1. The molecule has 2 aromatic carbocycles. The molecule has 1 aromatic heterocycles. The van der Waals surface area contributed by atoms with E-state index in [0.29, 0.717) is 17.9 Å². The van der Waals surface area contributed by atoms with Gasteiger partial charge in [-0.1, -0.05) is 18.2 Å². The van der Waals surface area contributed by atoms with E-state index in [2.05, 4.69) is 9.84 Å². The maximum atomic E-state index is 11.4. The van der Waals surface area contributed by atoms with E-state index in [1.807, 2.05) is 48.1 Å². The maximum absolute atomic E-state index is 11.4. The Morgan fingerprint density at radius 1 is 1.08 bits per heavy atom. The zero-order chi connectivity index (χ0) is 16.9. The number of benzene rings is 2. The van der Waals surface area contributed by atoms with E-state index in [-0.39, 0.29) is 5.97 Å². The molecule has 0 fully saturated rings. The van der Waals surface area contributed by atoms with Crippen LogP contribution in [0, 0.1) is 6.92 Å². The Hall–Kier alpha value is -3.08. The lowest BCUT2D eigenvalue weighted by molar-refractivity contribution is 0.0600. The van der Waals surface area contributed by atoms with Gasteiger partial charge in [0.1, 0.15) is 12.4 Å². The average molecular weight is 322 g/mol. The summed E-state index contributed by atoms with van der Waals surface area (Å²) < 4.78 is 12.3. The minimum absolute atomic E-state index is 0.360. The SMILES string of the molecule is COC(=O)c1ccc(OCc2cnn(-c3ccccc3)c2C)cc1. The number of hydrogen-bond donors (Lipinski definition) is 0. The van der Waals surface area contributed by atoms with Crippen molar-refractivity contribution in [2.45, 2.75) is 13.5 Å². The first kappa shape index (κ1) is 15.8. The molecule has 0 amide bonds. The van der Waals surface area contributed by atoms with Crippen molar-refractivity contribution in [1.29, 1.82) is 0 Å². The van der Waals surface area contributed by atoms with Crippen molar-refractivity contribution < 1.29 is 14.3 Å². The second-order valence-electron chi connectivity index (χ2n) is 5.31. The van der Waals surface area contributed by atoms with E-state index in [0.717, 1.165) is 16.9 Å². The van der Waals surface area contributed by atoms with Crippen molar-refractivity contribution >= 4 is 5.97 Å². The van der Waals surface area contributed by atoms with E-state index >= 15 is 0 Å². The summed E-state index contributed by atoms with van der Waals surface area (Å²) in [5.74, 6) is 0.330. The fraction of sp³-hybridized carbons (Fsp3) is 0.158. The summed E-state index contributed by atoms with van der Waals surface area (Å²) in [6.07, 6.45) is 1.81. The molecular weight excluding hydrogens is 304 g/mol. The molecule has 0 aliphatic rings. The first-order valence-corrected chi connectivity index (χ1v) is 7.59. The van der Waals surface area contributed by atoms with Gasteiger partial charge in [-0.3, -0.25) is 0 Å². The zero-order valence-electron chi connectivity index (χ0n) is 13.6. The molecule has 1 heterocycles. The predicted octanol–water partition coefficient (Wildman–Crippen LogP) is 3.55. The Morgan fingerprint density at radius 2 is 1.79 bits per heavy atom. The molecule has 0 saturated heterocycles. The highest BCUT2D eigenvalue weighted by Crippen LogP contribution is 2.18. The van der Waals surface area contributed by atoms with Crippen molar-refractivity contribution in [2.24, 2.45) is 0 Å². The molecular formula is C19H18N2O3. The second kappa shape index (κ2) is 7.00. The van der Waals surface area contributed by atoms with E-state index in [1.54, 1.807) is 24.3 Å². The van der Waals surface area contributed by atoms with Gasteiger partial charge in [-0.05, 0) is 43.3 Å². The third kappa shape index (κ3) is 3.30. The number of para-hydroxylation sites is 1. The number of aromatic nitrogens is 2. The summed E-state index contributed by atoms with van der Waals surface area (Å²) in [5.41, 5.74) is 3.56. The Balaban J connectivity index is 1.69. The first-order valence-electron chi connectivity index (χ1n) is 7.59. The van der Waals surface area contributed by atoms with Crippen LogP contribution in [0.3, 0.4) is 0 Å². The quantitative estimate of drug-likeness (QED) is 0.674. The molecule has 122 valence electrons. The standard InChI is InChI=1S/C19H18N2O3/c1-14-16(12-20-21(14)17-6-4-3-5-7-17)13-24-18-10-8-15(9-11-18)19(22)23-2/h3-12H,13H2,1-2H3. The summed E-state index contributed by atoms with van der Waals surface area (Å²) >= 11 is 0. The van der Waals surface area contributed by atoms with Crippen LogP contribution in [-0.4, -0.2) is 22.9 Å². The summed E-state index contributed by atoms with van der Waals surface area (Å²) in [6.45, 7) is 2.43. The number of ether oxygens (including phenoxy) is 2. The van der Waals surface area contributed by atoms with Crippen molar-refractivity contribution in [3.63, 3.8) is 0 Å². The van der Waals surface area contributed by atoms with Crippen LogP contribution in [0.1, 0.15) is 21.6 Å². The van der Waals surface area contributed by atoms with E-state index in [1.165, 1.54) is 7.11 Å². The molecule has 0 N–H and O–H groups in total. The van der Waals surface area contributed by atoms with Crippen molar-refractivity contribution in [3.05, 3.63) is 77.6 Å². The Morgan fingerprint density at radius 3 is 2.46 bits per heavy atom. The molecule has 24 heavy (non-hydrogen) atoms.